The Morgan fingerprint density at radius 1 is 0.756 bits per heavy atom. The van der Waals surface area contributed by atoms with Gasteiger partial charge in [-0.1, -0.05) is 64.1 Å². The summed E-state index contributed by atoms with van der Waals surface area (Å²) in [7, 11) is 0. The number of hydrogen-bond acceptors (Lipinski definition) is 3. The third kappa shape index (κ3) is 4.83. The first-order valence-electron chi connectivity index (χ1n) is 14.5. The normalized spacial score (nSPS) is 13.9. The fourth-order valence-electron chi connectivity index (χ4n) is 5.93. The van der Waals surface area contributed by atoms with Crippen LogP contribution in [0.15, 0.2) is 97.2 Å². The molecule has 8 bridgehead atoms. The summed E-state index contributed by atoms with van der Waals surface area (Å²) in [6.45, 7) is 16.3. The molecule has 0 saturated heterocycles. The fourth-order valence-corrected chi connectivity index (χ4v) is 5.93. The summed E-state index contributed by atoms with van der Waals surface area (Å²) >= 11 is 0. The minimum absolute atomic E-state index is 0. The summed E-state index contributed by atoms with van der Waals surface area (Å²) < 4.78 is 3.99. The Bertz CT molecular complexity index is 2140. The summed E-state index contributed by atoms with van der Waals surface area (Å²) in [5, 5.41) is 10.7. The number of aromatic nitrogens is 4. The van der Waals surface area contributed by atoms with E-state index >= 15 is 0 Å². The topological polar surface area (TPSA) is 63.8 Å². The predicted octanol–water partition coefficient (Wildman–Crippen LogP) is 8.38. The molecule has 0 amide bonds. The zero-order chi connectivity index (χ0) is 30.6. The first-order chi connectivity index (χ1) is 21.2. The zero-order valence-corrected chi connectivity index (χ0v) is 27.5. The quantitative estimate of drug-likeness (QED) is 0.167. The Morgan fingerprint density at radius 2 is 1.42 bits per heavy atom. The van der Waals surface area contributed by atoms with Crippen molar-refractivity contribution in [2.75, 3.05) is 0 Å². The molecular formula is C38H28N6Pt. The van der Waals surface area contributed by atoms with E-state index in [-0.39, 0.29) is 21.1 Å². The number of fused-ring (bicyclic) bond motifs is 10. The molecule has 7 rings (SSSR count). The minimum atomic E-state index is -0.788. The van der Waals surface area contributed by atoms with Crippen molar-refractivity contribution in [1.82, 2.24) is 19.1 Å². The molecule has 6 aromatic rings. The minimum Gasteiger partial charge on any atom is -0.340 e. The van der Waals surface area contributed by atoms with Crippen molar-refractivity contribution in [3.63, 3.8) is 0 Å². The summed E-state index contributed by atoms with van der Waals surface area (Å²) in [4.78, 5) is 14.3. The van der Waals surface area contributed by atoms with E-state index in [0.29, 0.717) is 34.3 Å². The van der Waals surface area contributed by atoms with Crippen molar-refractivity contribution in [2.24, 2.45) is 0 Å². The van der Waals surface area contributed by atoms with Gasteiger partial charge >= 0.3 is 21.1 Å². The molecule has 0 atom stereocenters. The van der Waals surface area contributed by atoms with Gasteiger partial charge in [0.25, 0.3) is 0 Å². The molecule has 0 N–H and O–H groups in total. The van der Waals surface area contributed by atoms with Gasteiger partial charge in [-0.3, -0.25) is 14.8 Å². The molecule has 0 radical (unpaired) electrons. The van der Waals surface area contributed by atoms with Crippen molar-refractivity contribution in [3.8, 4) is 40.2 Å². The summed E-state index contributed by atoms with van der Waals surface area (Å²) in [6, 6.07) is 39.4. The van der Waals surface area contributed by atoms with Gasteiger partial charge in [-0.15, -0.1) is 64.7 Å². The van der Waals surface area contributed by atoms with E-state index in [0.717, 1.165) is 33.8 Å². The second-order valence-electron chi connectivity index (χ2n) is 12.1. The van der Waals surface area contributed by atoms with E-state index in [1.807, 2.05) is 103 Å². The molecule has 0 unspecified atom stereocenters. The van der Waals surface area contributed by atoms with E-state index in [2.05, 4.69) is 53.7 Å². The SMILES string of the molecule is [C-]#[N+]c1cc2[c-]c(c1)C(C)(C)c1nc(n(-c3ccccc3)c1C#N)-c1[c-]c(ccc1)C(C)(C)c1cn(-c3ccccc3)c-2n1.[Pt+2]. The Kier molecular flexibility index (Phi) is 7.44. The van der Waals surface area contributed by atoms with Crippen LogP contribution >= 0.6 is 0 Å². The smallest absolute Gasteiger partial charge is 0.340 e. The first-order valence-corrected chi connectivity index (χ1v) is 14.5. The van der Waals surface area contributed by atoms with Crippen LogP contribution in [-0.2, 0) is 31.9 Å². The van der Waals surface area contributed by atoms with Crippen molar-refractivity contribution in [1.29, 1.82) is 5.26 Å². The Morgan fingerprint density at radius 3 is 2.09 bits per heavy atom. The predicted molar refractivity (Wildman–Crippen MR) is 171 cm³/mol. The zero-order valence-electron chi connectivity index (χ0n) is 25.2. The fraction of sp³-hybridized carbons (Fsp3) is 0.158. The van der Waals surface area contributed by atoms with Crippen LogP contribution in [-0.4, -0.2) is 19.1 Å². The van der Waals surface area contributed by atoms with Crippen LogP contribution in [0.2, 0.25) is 0 Å². The molecule has 0 saturated carbocycles. The molecule has 1 aliphatic rings. The molecule has 7 heteroatoms. The van der Waals surface area contributed by atoms with Crippen LogP contribution < -0.4 is 0 Å². The third-order valence-corrected chi connectivity index (χ3v) is 8.58. The molecule has 2 aromatic heterocycles. The van der Waals surface area contributed by atoms with Crippen LogP contribution in [0.3, 0.4) is 0 Å². The van der Waals surface area contributed by atoms with E-state index in [4.69, 9.17) is 16.5 Å². The summed E-state index contributed by atoms with van der Waals surface area (Å²) in [5.74, 6) is 1.31. The molecule has 0 aliphatic carbocycles. The maximum Gasteiger partial charge on any atom is 2.00 e. The summed E-state index contributed by atoms with van der Waals surface area (Å²) in [6.07, 6.45) is 2.07. The van der Waals surface area contributed by atoms with Crippen molar-refractivity contribution in [3.05, 3.63) is 149 Å². The van der Waals surface area contributed by atoms with Gasteiger partial charge < -0.3 is 9.13 Å². The molecule has 0 spiro atoms. The molecule has 0 fully saturated rings. The first kappa shape index (κ1) is 30.0. The van der Waals surface area contributed by atoms with Gasteiger partial charge in [0.1, 0.15) is 17.5 Å². The van der Waals surface area contributed by atoms with Gasteiger partial charge in [-0.25, -0.2) is 0 Å². The number of nitriles is 1. The number of imidazole rings is 2. The van der Waals surface area contributed by atoms with Gasteiger partial charge in [-0.05, 0) is 24.3 Å². The van der Waals surface area contributed by atoms with Gasteiger partial charge in [-0.2, -0.15) is 5.26 Å². The van der Waals surface area contributed by atoms with E-state index in [1.54, 1.807) is 0 Å². The van der Waals surface area contributed by atoms with E-state index in [1.165, 1.54) is 0 Å². The van der Waals surface area contributed by atoms with Crippen molar-refractivity contribution in [2.45, 2.75) is 38.5 Å². The van der Waals surface area contributed by atoms with E-state index < -0.39 is 10.8 Å². The van der Waals surface area contributed by atoms with E-state index in [9.17, 15) is 5.26 Å². The molecule has 45 heavy (non-hydrogen) atoms. The molecule has 6 nitrogen and oxygen atoms in total. The molecule has 4 aromatic carbocycles. The average molecular weight is 764 g/mol. The Balaban J connectivity index is 0.00000357. The Hall–Kier alpha value is -5.03. The second kappa shape index (κ2) is 11.2. The number of rotatable bonds is 2. The maximum atomic E-state index is 10.7. The largest absolute Gasteiger partial charge is 2.00 e. The van der Waals surface area contributed by atoms with Crippen molar-refractivity contribution < 1.29 is 21.1 Å². The second-order valence-corrected chi connectivity index (χ2v) is 12.1. The number of hydrogen-bond donors (Lipinski definition) is 0. The maximum absolute atomic E-state index is 10.7. The standard InChI is InChI=1S/C38H28N6.Pt/c1-37(2)27-14-12-13-25(19-27)36-42-34(32(23-39)44(36)31-17-10-7-11-18-31)38(3,4)28-20-26(21-29(22-28)40-5)35-41-33(37)24-43(35)30-15-8-6-9-16-30;/h6-18,21-22,24H,1-4H3;/q-2;+2. The van der Waals surface area contributed by atoms with Gasteiger partial charge in [0.15, 0.2) is 0 Å². The number of nitrogens with zero attached hydrogens (tertiary/aromatic N) is 6. The van der Waals surface area contributed by atoms with Crippen LogP contribution in [0.25, 0.3) is 39.0 Å². The van der Waals surface area contributed by atoms with Crippen LogP contribution in [0.1, 0.15) is 55.9 Å². The van der Waals surface area contributed by atoms with Gasteiger partial charge in [0, 0.05) is 28.4 Å². The molecule has 1 aliphatic heterocycles. The molecular weight excluding hydrogens is 736 g/mol. The van der Waals surface area contributed by atoms with Crippen LogP contribution in [0.4, 0.5) is 5.69 Å². The number of benzene rings is 4. The summed E-state index contributed by atoms with van der Waals surface area (Å²) in [5.41, 5.74) is 5.98. The number of para-hydroxylation sites is 2. The average Bonchev–Trinajstić information content (AvgIpc) is 3.69. The third-order valence-electron chi connectivity index (χ3n) is 8.58. The van der Waals surface area contributed by atoms with Crippen LogP contribution in [0, 0.1) is 30.0 Å². The monoisotopic (exact) mass is 763 g/mol. The van der Waals surface area contributed by atoms with Crippen LogP contribution in [0.5, 0.6) is 0 Å². The van der Waals surface area contributed by atoms with Gasteiger partial charge in [0.2, 0.25) is 0 Å². The Labute approximate surface area is 277 Å². The van der Waals surface area contributed by atoms with Crippen molar-refractivity contribution >= 4 is 5.69 Å². The van der Waals surface area contributed by atoms with Gasteiger partial charge in [0.05, 0.1) is 29.6 Å². The molecule has 3 heterocycles. The molecule has 220 valence electrons.